The molecule has 1 saturated heterocycles. The fraction of sp³-hybridized carbons (Fsp3) is 0.850. The van der Waals surface area contributed by atoms with Crippen LogP contribution in [-0.4, -0.2) is 67.7 Å². The van der Waals surface area contributed by atoms with Crippen molar-refractivity contribution in [1.82, 2.24) is 9.91 Å². The number of aliphatic hydroxyl groups is 1. The predicted octanol–water partition coefficient (Wildman–Crippen LogP) is 3.52. The summed E-state index contributed by atoms with van der Waals surface area (Å²) in [5.74, 6) is 0.185. The van der Waals surface area contributed by atoms with Gasteiger partial charge in [-0.1, -0.05) is 19.3 Å². The summed E-state index contributed by atoms with van der Waals surface area (Å²) in [4.78, 5) is 25.4. The quantitative estimate of drug-likeness (QED) is 0.447. The largest absolute Gasteiger partial charge is 0.481 e. The van der Waals surface area contributed by atoms with Crippen LogP contribution in [0.3, 0.4) is 0 Å². The molecule has 3 fully saturated rings. The number of urea groups is 1. The van der Waals surface area contributed by atoms with Crippen molar-refractivity contribution in [3.05, 3.63) is 0 Å². The molecule has 2 aliphatic carbocycles. The van der Waals surface area contributed by atoms with Crippen LogP contribution in [0.15, 0.2) is 5.10 Å². The second-order valence-electron chi connectivity index (χ2n) is 8.12. The van der Waals surface area contributed by atoms with E-state index >= 15 is 0 Å². The number of amides is 2. The maximum Gasteiger partial charge on any atom is 0.341 e. The Hall–Kier alpha value is -1.28. The SMILES string of the molecule is CCN1C(=O)N(/N=C/[C@@H](O)C2CCCCC2)[C@H]2CCC[C@]21SCCCC(=O)O. The number of fused-ring (bicyclic) bond motifs is 1. The number of hydrogen-bond acceptors (Lipinski definition) is 5. The van der Waals surface area contributed by atoms with Crippen molar-refractivity contribution < 1.29 is 19.8 Å². The molecule has 0 aromatic rings. The van der Waals surface area contributed by atoms with Gasteiger partial charge in [-0.15, -0.1) is 11.8 Å². The molecular weight excluding hydrogens is 378 g/mol. The van der Waals surface area contributed by atoms with Gasteiger partial charge in [0.25, 0.3) is 0 Å². The zero-order valence-corrected chi connectivity index (χ0v) is 17.6. The first kappa shape index (κ1) is 21.4. The minimum absolute atomic E-state index is 0.00964. The average Bonchev–Trinajstić information content (AvgIpc) is 3.19. The van der Waals surface area contributed by atoms with Crippen LogP contribution in [0.25, 0.3) is 0 Å². The van der Waals surface area contributed by atoms with Crippen LogP contribution in [0.4, 0.5) is 4.79 Å². The first-order chi connectivity index (χ1) is 13.5. The van der Waals surface area contributed by atoms with E-state index in [0.29, 0.717) is 13.0 Å². The number of thioether (sulfide) groups is 1. The van der Waals surface area contributed by atoms with Crippen molar-refractivity contribution in [1.29, 1.82) is 0 Å². The topological polar surface area (TPSA) is 93.4 Å². The van der Waals surface area contributed by atoms with Crippen LogP contribution in [0.2, 0.25) is 0 Å². The van der Waals surface area contributed by atoms with Crippen LogP contribution in [0.5, 0.6) is 0 Å². The van der Waals surface area contributed by atoms with Crippen LogP contribution < -0.4 is 0 Å². The normalized spacial score (nSPS) is 29.6. The molecule has 158 valence electrons. The van der Waals surface area contributed by atoms with E-state index in [1.807, 2.05) is 11.8 Å². The van der Waals surface area contributed by atoms with Crippen LogP contribution in [0, 0.1) is 5.92 Å². The van der Waals surface area contributed by atoms with Gasteiger partial charge in [-0.25, -0.2) is 9.80 Å². The van der Waals surface area contributed by atoms with E-state index in [1.54, 1.807) is 23.0 Å². The fourth-order valence-electron chi connectivity index (χ4n) is 4.98. The van der Waals surface area contributed by atoms with Gasteiger partial charge in [-0.05, 0) is 57.1 Å². The van der Waals surface area contributed by atoms with E-state index in [0.717, 1.165) is 50.7 Å². The van der Waals surface area contributed by atoms with E-state index in [-0.39, 0.29) is 29.3 Å². The first-order valence-corrected chi connectivity index (χ1v) is 11.7. The summed E-state index contributed by atoms with van der Waals surface area (Å²) in [6, 6.07) is -0.102. The van der Waals surface area contributed by atoms with Crippen molar-refractivity contribution in [2.75, 3.05) is 12.3 Å². The number of carbonyl (C=O) groups is 2. The minimum atomic E-state index is -0.779. The number of nitrogens with zero attached hydrogens (tertiary/aromatic N) is 3. The molecule has 3 rings (SSSR count). The molecule has 3 aliphatic rings. The number of hydrazone groups is 1. The van der Waals surface area contributed by atoms with Crippen molar-refractivity contribution in [3.8, 4) is 0 Å². The Balaban J connectivity index is 1.69. The van der Waals surface area contributed by atoms with Crippen LogP contribution >= 0.6 is 11.8 Å². The van der Waals surface area contributed by atoms with Gasteiger partial charge >= 0.3 is 12.0 Å². The van der Waals surface area contributed by atoms with E-state index in [9.17, 15) is 14.7 Å². The number of likely N-dealkylation sites (N-methyl/N-ethyl adjacent to an activating group) is 1. The number of carboxylic acids is 1. The fourth-order valence-corrected chi connectivity index (χ4v) is 6.68. The zero-order valence-electron chi connectivity index (χ0n) is 16.8. The van der Waals surface area contributed by atoms with E-state index < -0.39 is 12.1 Å². The Kier molecular flexibility index (Phi) is 7.25. The van der Waals surface area contributed by atoms with Gasteiger partial charge in [0.15, 0.2) is 0 Å². The number of aliphatic hydroxyl groups excluding tert-OH is 1. The summed E-state index contributed by atoms with van der Waals surface area (Å²) in [5.41, 5.74) is 0. The smallest absolute Gasteiger partial charge is 0.341 e. The van der Waals surface area contributed by atoms with Gasteiger partial charge in [0.1, 0.15) is 4.87 Å². The molecule has 3 atom stereocenters. The lowest BCUT2D eigenvalue weighted by Crippen LogP contribution is -2.45. The van der Waals surface area contributed by atoms with Gasteiger partial charge in [0, 0.05) is 13.0 Å². The maximum absolute atomic E-state index is 13.0. The molecule has 2 amide bonds. The molecule has 1 heterocycles. The van der Waals surface area contributed by atoms with E-state index in [2.05, 4.69) is 5.10 Å². The summed E-state index contributed by atoms with van der Waals surface area (Å²) in [6.07, 6.45) is 10.2. The molecule has 1 aliphatic heterocycles. The molecule has 2 N–H and O–H groups in total. The lowest BCUT2D eigenvalue weighted by molar-refractivity contribution is -0.137. The highest BCUT2D eigenvalue weighted by Crippen LogP contribution is 2.51. The lowest BCUT2D eigenvalue weighted by atomic mass is 9.86. The van der Waals surface area contributed by atoms with Crippen LogP contribution in [0.1, 0.15) is 71.1 Å². The number of carbonyl (C=O) groups excluding carboxylic acids is 1. The van der Waals surface area contributed by atoms with Gasteiger partial charge in [0.2, 0.25) is 0 Å². The summed E-state index contributed by atoms with van der Waals surface area (Å²) < 4.78 is 0. The number of rotatable bonds is 9. The monoisotopic (exact) mass is 411 g/mol. The Labute approximate surface area is 171 Å². The van der Waals surface area contributed by atoms with Crippen molar-refractivity contribution >= 4 is 30.0 Å². The summed E-state index contributed by atoms with van der Waals surface area (Å²) in [6.45, 7) is 2.59. The molecule has 28 heavy (non-hydrogen) atoms. The highest BCUT2D eigenvalue weighted by atomic mass is 32.2. The van der Waals surface area contributed by atoms with Gasteiger partial charge < -0.3 is 15.1 Å². The summed E-state index contributed by atoms with van der Waals surface area (Å²) in [7, 11) is 0. The Morgan fingerprint density at radius 2 is 2.07 bits per heavy atom. The first-order valence-electron chi connectivity index (χ1n) is 10.7. The molecule has 7 nitrogen and oxygen atoms in total. The zero-order chi connectivity index (χ0) is 20.1. The number of aliphatic carboxylic acids is 1. The number of hydrogen-bond donors (Lipinski definition) is 2. The molecular formula is C20H33N3O4S. The third kappa shape index (κ3) is 4.32. The standard InChI is InChI=1S/C20H33N3O4S/c1-2-22-19(27)23(21-14-16(24)15-8-4-3-5-9-15)17-10-6-12-20(17,22)28-13-7-11-18(25)26/h14-17,24H,2-13H2,1H3,(H,25,26)/b21-14+/t16-,17+,20+/m1/s1. The lowest BCUT2D eigenvalue weighted by Gasteiger charge is -2.35. The third-order valence-corrected chi connectivity index (χ3v) is 8.08. The Morgan fingerprint density at radius 1 is 1.32 bits per heavy atom. The second kappa shape index (κ2) is 9.48. The van der Waals surface area contributed by atoms with Gasteiger partial charge in [-0.3, -0.25) is 4.79 Å². The third-order valence-electron chi connectivity index (χ3n) is 6.39. The van der Waals surface area contributed by atoms with E-state index in [1.165, 1.54) is 6.42 Å². The second-order valence-corrected chi connectivity index (χ2v) is 9.53. The highest BCUT2D eigenvalue weighted by molar-refractivity contribution is 8.00. The Bertz CT molecular complexity index is 596. The van der Waals surface area contributed by atoms with Crippen molar-refractivity contribution in [2.45, 2.75) is 88.1 Å². The van der Waals surface area contributed by atoms with Gasteiger partial charge in [0.05, 0.1) is 18.4 Å². The number of carboxylic acid groups (broad SMARTS) is 1. The van der Waals surface area contributed by atoms with Crippen LogP contribution in [-0.2, 0) is 4.79 Å². The molecule has 0 spiro atoms. The summed E-state index contributed by atoms with van der Waals surface area (Å²) in [5, 5.41) is 25.5. The molecule has 0 aromatic carbocycles. The average molecular weight is 412 g/mol. The molecule has 0 unspecified atom stereocenters. The minimum Gasteiger partial charge on any atom is -0.481 e. The highest BCUT2D eigenvalue weighted by Gasteiger charge is 2.59. The molecule has 8 heteroatoms. The van der Waals surface area contributed by atoms with Crippen molar-refractivity contribution in [2.24, 2.45) is 11.0 Å². The summed E-state index contributed by atoms with van der Waals surface area (Å²) >= 11 is 1.71. The molecule has 0 aromatic heterocycles. The Morgan fingerprint density at radius 3 is 2.75 bits per heavy atom. The van der Waals surface area contributed by atoms with Gasteiger partial charge in [-0.2, -0.15) is 5.10 Å². The molecule has 0 radical (unpaired) electrons. The molecule has 2 saturated carbocycles. The maximum atomic E-state index is 13.0. The van der Waals surface area contributed by atoms with E-state index in [4.69, 9.17) is 5.11 Å². The predicted molar refractivity (Wildman–Crippen MR) is 110 cm³/mol. The molecule has 0 bridgehead atoms. The van der Waals surface area contributed by atoms with Crippen molar-refractivity contribution in [3.63, 3.8) is 0 Å².